The summed E-state index contributed by atoms with van der Waals surface area (Å²) >= 11 is 3.31. The van der Waals surface area contributed by atoms with Crippen molar-refractivity contribution >= 4 is 15.9 Å². The molecule has 1 heterocycles. The molecule has 0 aromatic carbocycles. The Morgan fingerprint density at radius 1 is 1.27 bits per heavy atom. The van der Waals surface area contributed by atoms with E-state index in [1.54, 1.807) is 0 Å². The summed E-state index contributed by atoms with van der Waals surface area (Å²) in [7, 11) is 0. The van der Waals surface area contributed by atoms with Gasteiger partial charge in [0.05, 0.1) is 6.04 Å². The maximum Gasteiger partial charge on any atom is 0.169 e. The third-order valence-electron chi connectivity index (χ3n) is 2.38. The van der Waals surface area contributed by atoms with Gasteiger partial charge >= 0.3 is 0 Å². The first kappa shape index (κ1) is 12.8. The average Bonchev–Trinajstić information content (AvgIpc) is 2.49. The molecule has 0 amide bonds. The Balaban J connectivity index is 2.45. The van der Waals surface area contributed by atoms with Crippen molar-refractivity contribution in [2.45, 2.75) is 46.2 Å². The number of halogens is 1. The van der Waals surface area contributed by atoms with E-state index in [0.717, 1.165) is 16.3 Å². The Morgan fingerprint density at radius 3 is 2.40 bits per heavy atom. The van der Waals surface area contributed by atoms with Gasteiger partial charge in [-0.2, -0.15) is 0 Å². The van der Waals surface area contributed by atoms with Crippen molar-refractivity contribution in [3.63, 3.8) is 0 Å². The lowest BCUT2D eigenvalue weighted by molar-refractivity contribution is 0.361. The third kappa shape index (κ3) is 4.39. The molecule has 1 aromatic heterocycles. The molecule has 0 spiro atoms. The van der Waals surface area contributed by atoms with Crippen molar-refractivity contribution in [3.8, 4) is 0 Å². The van der Waals surface area contributed by atoms with Crippen LogP contribution in [0.25, 0.3) is 0 Å². The first-order valence-corrected chi connectivity index (χ1v) is 6.29. The van der Waals surface area contributed by atoms with Crippen LogP contribution in [-0.4, -0.2) is 6.04 Å². The van der Waals surface area contributed by atoms with Crippen LogP contribution in [0.15, 0.2) is 21.2 Å². The largest absolute Gasteiger partial charge is 0.453 e. The number of rotatable bonds is 5. The van der Waals surface area contributed by atoms with E-state index in [2.05, 4.69) is 48.9 Å². The molecular weight excluding hydrogens is 254 g/mol. The maximum atomic E-state index is 5.51. The molecule has 86 valence electrons. The van der Waals surface area contributed by atoms with Crippen LogP contribution in [0.1, 0.15) is 45.9 Å². The molecule has 1 rings (SSSR count). The summed E-state index contributed by atoms with van der Waals surface area (Å²) in [6.07, 6.45) is 1.19. The highest BCUT2D eigenvalue weighted by Gasteiger charge is 2.13. The smallest absolute Gasteiger partial charge is 0.169 e. The zero-order valence-electron chi connectivity index (χ0n) is 9.88. The highest BCUT2D eigenvalue weighted by molar-refractivity contribution is 9.10. The lowest BCUT2D eigenvalue weighted by atomic mass is 10.0. The summed E-state index contributed by atoms with van der Waals surface area (Å²) < 4.78 is 6.30. The zero-order valence-corrected chi connectivity index (χ0v) is 11.5. The normalized spacial score (nSPS) is 15.6. The Morgan fingerprint density at radius 2 is 1.93 bits per heavy atom. The minimum absolute atomic E-state index is 0.269. The summed E-state index contributed by atoms with van der Waals surface area (Å²) in [5, 5.41) is 3.53. The van der Waals surface area contributed by atoms with Gasteiger partial charge in [-0.05, 0) is 54.2 Å². The van der Waals surface area contributed by atoms with E-state index in [1.165, 1.54) is 6.42 Å². The van der Waals surface area contributed by atoms with E-state index in [9.17, 15) is 0 Å². The quantitative estimate of drug-likeness (QED) is 0.873. The highest BCUT2D eigenvalue weighted by Crippen LogP contribution is 2.21. The molecule has 0 fully saturated rings. The van der Waals surface area contributed by atoms with Gasteiger partial charge in [0.1, 0.15) is 5.76 Å². The molecule has 0 radical (unpaired) electrons. The lowest BCUT2D eigenvalue weighted by Crippen LogP contribution is -2.29. The Labute approximate surface area is 101 Å². The molecule has 0 aliphatic rings. The fraction of sp³-hybridized carbons (Fsp3) is 0.667. The van der Waals surface area contributed by atoms with E-state index in [4.69, 9.17) is 4.42 Å². The fourth-order valence-corrected chi connectivity index (χ4v) is 2.16. The van der Waals surface area contributed by atoms with Crippen LogP contribution in [0, 0.1) is 5.92 Å². The lowest BCUT2D eigenvalue weighted by Gasteiger charge is -2.19. The van der Waals surface area contributed by atoms with E-state index in [1.807, 2.05) is 12.1 Å². The molecule has 2 unspecified atom stereocenters. The molecule has 0 aliphatic heterocycles. The van der Waals surface area contributed by atoms with Gasteiger partial charge in [0, 0.05) is 6.04 Å². The predicted molar refractivity (Wildman–Crippen MR) is 66.9 cm³/mol. The summed E-state index contributed by atoms with van der Waals surface area (Å²) in [6.45, 7) is 8.83. The number of nitrogens with one attached hydrogen (secondary N) is 1. The van der Waals surface area contributed by atoms with Gasteiger partial charge in [-0.15, -0.1) is 0 Å². The second-order valence-electron chi connectivity index (χ2n) is 4.56. The molecule has 1 N–H and O–H groups in total. The van der Waals surface area contributed by atoms with Crippen molar-refractivity contribution in [2.24, 2.45) is 5.92 Å². The molecule has 0 bridgehead atoms. The van der Waals surface area contributed by atoms with Gasteiger partial charge in [0.15, 0.2) is 4.67 Å². The number of hydrogen-bond acceptors (Lipinski definition) is 2. The molecular formula is C12H20BrNO. The van der Waals surface area contributed by atoms with Gasteiger partial charge in [0.25, 0.3) is 0 Å². The SMILES string of the molecule is CC(C)CC(C)NC(C)c1ccc(Br)o1. The Hall–Kier alpha value is -0.280. The maximum absolute atomic E-state index is 5.51. The summed E-state index contributed by atoms with van der Waals surface area (Å²) in [6, 6.07) is 4.72. The molecule has 3 heteroatoms. The fourth-order valence-electron chi connectivity index (χ4n) is 1.85. The molecule has 0 saturated carbocycles. The van der Waals surface area contributed by atoms with Crippen molar-refractivity contribution in [3.05, 3.63) is 22.6 Å². The molecule has 15 heavy (non-hydrogen) atoms. The van der Waals surface area contributed by atoms with Crippen molar-refractivity contribution < 1.29 is 4.42 Å². The minimum atomic E-state index is 0.269. The van der Waals surface area contributed by atoms with Gasteiger partial charge in [-0.3, -0.25) is 0 Å². The average molecular weight is 274 g/mol. The molecule has 0 aliphatic carbocycles. The zero-order chi connectivity index (χ0) is 11.4. The van der Waals surface area contributed by atoms with Crippen molar-refractivity contribution in [1.29, 1.82) is 0 Å². The van der Waals surface area contributed by atoms with Crippen LogP contribution in [0.3, 0.4) is 0 Å². The van der Waals surface area contributed by atoms with Gasteiger partial charge in [0.2, 0.25) is 0 Å². The Kier molecular flexibility index (Phi) is 4.87. The molecule has 2 atom stereocenters. The van der Waals surface area contributed by atoms with Crippen LogP contribution in [0.5, 0.6) is 0 Å². The molecule has 0 saturated heterocycles. The van der Waals surface area contributed by atoms with Gasteiger partial charge in [-0.1, -0.05) is 13.8 Å². The van der Waals surface area contributed by atoms with Crippen LogP contribution >= 0.6 is 15.9 Å². The van der Waals surface area contributed by atoms with Crippen LogP contribution in [-0.2, 0) is 0 Å². The van der Waals surface area contributed by atoms with Crippen LogP contribution < -0.4 is 5.32 Å². The summed E-state index contributed by atoms with van der Waals surface area (Å²) in [5.74, 6) is 1.71. The van der Waals surface area contributed by atoms with Crippen LogP contribution in [0.2, 0.25) is 0 Å². The first-order valence-electron chi connectivity index (χ1n) is 5.50. The van der Waals surface area contributed by atoms with E-state index >= 15 is 0 Å². The van der Waals surface area contributed by atoms with E-state index < -0.39 is 0 Å². The first-order chi connectivity index (χ1) is 6.99. The topological polar surface area (TPSA) is 25.2 Å². The van der Waals surface area contributed by atoms with Gasteiger partial charge in [-0.25, -0.2) is 0 Å². The number of furan rings is 1. The standard InChI is InChI=1S/C12H20BrNO/c1-8(2)7-9(3)14-10(4)11-5-6-12(13)15-11/h5-6,8-10,14H,7H2,1-4H3. The molecule has 2 nitrogen and oxygen atoms in total. The van der Waals surface area contributed by atoms with E-state index in [-0.39, 0.29) is 6.04 Å². The second kappa shape index (κ2) is 5.71. The minimum Gasteiger partial charge on any atom is -0.453 e. The summed E-state index contributed by atoms with van der Waals surface area (Å²) in [4.78, 5) is 0. The third-order valence-corrected chi connectivity index (χ3v) is 2.81. The summed E-state index contributed by atoms with van der Waals surface area (Å²) in [5.41, 5.74) is 0. The highest BCUT2D eigenvalue weighted by atomic mass is 79.9. The number of hydrogen-bond donors (Lipinski definition) is 1. The second-order valence-corrected chi connectivity index (χ2v) is 5.34. The van der Waals surface area contributed by atoms with Crippen LogP contribution in [0.4, 0.5) is 0 Å². The van der Waals surface area contributed by atoms with E-state index in [0.29, 0.717) is 6.04 Å². The predicted octanol–water partition coefficient (Wildman–Crippen LogP) is 4.13. The monoisotopic (exact) mass is 273 g/mol. The van der Waals surface area contributed by atoms with Crippen molar-refractivity contribution in [2.75, 3.05) is 0 Å². The van der Waals surface area contributed by atoms with Crippen molar-refractivity contribution in [1.82, 2.24) is 5.32 Å². The Bertz CT molecular complexity index is 296. The van der Waals surface area contributed by atoms with Gasteiger partial charge < -0.3 is 9.73 Å². The molecule has 1 aromatic rings.